The van der Waals surface area contributed by atoms with E-state index in [1.54, 1.807) is 18.3 Å². The van der Waals surface area contributed by atoms with E-state index >= 15 is 0 Å². The Balaban J connectivity index is 1.38. The molecule has 1 saturated heterocycles. The molecule has 3 aromatic rings. The van der Waals surface area contributed by atoms with E-state index in [0.29, 0.717) is 29.3 Å². The fourth-order valence-electron chi connectivity index (χ4n) is 5.55. The number of urea groups is 1. The minimum atomic E-state index is -3.33. The zero-order chi connectivity index (χ0) is 32.9. The van der Waals surface area contributed by atoms with E-state index in [2.05, 4.69) is 27.4 Å². The van der Waals surface area contributed by atoms with Crippen LogP contribution in [0.1, 0.15) is 66.1 Å². The molecule has 0 spiro atoms. The summed E-state index contributed by atoms with van der Waals surface area (Å²) in [4.78, 5) is 31.5. The van der Waals surface area contributed by atoms with Gasteiger partial charge in [-0.3, -0.25) is 9.69 Å². The Kier molecular flexibility index (Phi) is 11.1. The van der Waals surface area contributed by atoms with Crippen molar-refractivity contribution in [2.45, 2.75) is 76.4 Å². The van der Waals surface area contributed by atoms with E-state index < -0.39 is 27.6 Å². The van der Waals surface area contributed by atoms with Crippen molar-refractivity contribution in [1.82, 2.24) is 15.2 Å². The number of halogens is 2. The number of amides is 3. The van der Waals surface area contributed by atoms with E-state index in [9.17, 15) is 22.4 Å². The first-order valence-corrected chi connectivity index (χ1v) is 17.1. The Bertz CT molecular complexity index is 1650. The molecule has 1 aromatic heterocycles. The maximum atomic E-state index is 14.0. The molecule has 1 aliphatic heterocycles. The van der Waals surface area contributed by atoms with E-state index in [1.807, 2.05) is 26.0 Å². The van der Waals surface area contributed by atoms with Crippen molar-refractivity contribution in [3.8, 4) is 11.6 Å². The van der Waals surface area contributed by atoms with Gasteiger partial charge in [0.1, 0.15) is 11.6 Å². The number of hydrogen-bond donors (Lipinski definition) is 3. The first kappa shape index (κ1) is 34.1. The highest BCUT2D eigenvalue weighted by atomic mass is 35.5. The van der Waals surface area contributed by atoms with Gasteiger partial charge in [0.25, 0.3) is 5.91 Å². The van der Waals surface area contributed by atoms with Crippen molar-refractivity contribution < 1.29 is 27.1 Å². The first-order chi connectivity index (χ1) is 21.2. The van der Waals surface area contributed by atoms with Gasteiger partial charge in [0, 0.05) is 43.7 Å². The second kappa shape index (κ2) is 14.6. The average Bonchev–Trinajstić information content (AvgIpc) is 2.96. The van der Waals surface area contributed by atoms with Crippen molar-refractivity contribution in [3.63, 3.8) is 0 Å². The lowest BCUT2D eigenvalue weighted by atomic mass is 9.93. The molecule has 2 aromatic carbocycles. The number of nitrogens with one attached hydrogen (secondary N) is 2. The summed E-state index contributed by atoms with van der Waals surface area (Å²) < 4.78 is 43.9. The standard InChI is InChI=1S/C32H39ClFN5O5S/c1-5-6-7-23-14-22(37-32(41)38-28-15-25(31(35)40)27(34)16-26(28)33)10-11-39(23)18-21-8-9-29(36-17-21)44-30-19(2)12-24(13-20(30)3)45(4,42)43/h8-9,12-13,15-17,22-23H,5-7,10-11,14,18H2,1-4H3,(H2,35,40)(H2,37,38,41). The largest absolute Gasteiger partial charge is 0.438 e. The molecule has 45 heavy (non-hydrogen) atoms. The molecule has 3 amide bonds. The van der Waals surface area contributed by atoms with Crippen molar-refractivity contribution in [2.75, 3.05) is 18.1 Å². The number of unbranched alkanes of at least 4 members (excludes halogenated alkanes) is 1. The summed E-state index contributed by atoms with van der Waals surface area (Å²) in [5.41, 5.74) is 7.40. The number of pyridine rings is 1. The minimum Gasteiger partial charge on any atom is -0.438 e. The van der Waals surface area contributed by atoms with Gasteiger partial charge in [-0.05, 0) is 74.1 Å². The molecule has 0 bridgehead atoms. The van der Waals surface area contributed by atoms with Crippen molar-refractivity contribution >= 4 is 39.1 Å². The van der Waals surface area contributed by atoms with E-state index in [1.165, 1.54) is 6.26 Å². The SMILES string of the molecule is CCCCC1CC(NC(=O)Nc2cc(C(N)=O)c(F)cc2Cl)CCN1Cc1ccc(Oc2c(C)cc(S(C)(=O)=O)cc2C)nc1. The molecule has 1 aliphatic rings. The molecule has 4 N–H and O–H groups in total. The van der Waals surface area contributed by atoms with E-state index in [-0.39, 0.29) is 33.3 Å². The molecule has 1 fully saturated rings. The van der Waals surface area contributed by atoms with Crippen LogP contribution in [-0.2, 0) is 16.4 Å². The molecular formula is C32H39ClFN5O5S. The average molecular weight is 660 g/mol. The summed E-state index contributed by atoms with van der Waals surface area (Å²) in [7, 11) is -3.33. The minimum absolute atomic E-state index is 0.0385. The smallest absolute Gasteiger partial charge is 0.319 e. The summed E-state index contributed by atoms with van der Waals surface area (Å²) >= 11 is 6.08. The summed E-state index contributed by atoms with van der Waals surface area (Å²) in [5.74, 6) is -0.815. The second-order valence-electron chi connectivity index (χ2n) is 11.5. The third kappa shape index (κ3) is 8.93. The fourth-order valence-corrected chi connectivity index (χ4v) is 6.53. The zero-order valence-corrected chi connectivity index (χ0v) is 27.4. The molecule has 0 radical (unpaired) electrons. The Hall–Kier alpha value is -3.74. The van der Waals surface area contributed by atoms with Crippen LogP contribution >= 0.6 is 11.6 Å². The second-order valence-corrected chi connectivity index (χ2v) is 14.0. The molecule has 0 aliphatic carbocycles. The number of carbonyl (C=O) groups is 2. The number of primary amides is 1. The van der Waals surface area contributed by atoms with Crippen LogP contribution in [0.25, 0.3) is 0 Å². The lowest BCUT2D eigenvalue weighted by molar-refractivity contribution is 0.0996. The third-order valence-electron chi connectivity index (χ3n) is 7.89. The van der Waals surface area contributed by atoms with Crippen molar-refractivity contribution in [3.05, 3.63) is 75.7 Å². The van der Waals surface area contributed by atoms with E-state index in [0.717, 1.165) is 56.3 Å². The number of piperidine rings is 1. The first-order valence-electron chi connectivity index (χ1n) is 14.8. The number of carbonyl (C=O) groups excluding carboxylic acids is 2. The Morgan fingerprint density at radius 1 is 1.18 bits per heavy atom. The van der Waals surface area contributed by atoms with Gasteiger partial charge in [-0.2, -0.15) is 0 Å². The molecule has 242 valence electrons. The third-order valence-corrected chi connectivity index (χ3v) is 9.29. The number of benzene rings is 2. The normalized spacial score (nSPS) is 17.1. The molecule has 13 heteroatoms. The summed E-state index contributed by atoms with van der Waals surface area (Å²) in [5, 5.41) is 5.56. The lowest BCUT2D eigenvalue weighted by Gasteiger charge is -2.40. The van der Waals surface area contributed by atoms with Crippen LogP contribution in [0.15, 0.2) is 47.5 Å². The fraction of sp³-hybridized carbons (Fsp3) is 0.406. The highest BCUT2D eigenvalue weighted by Crippen LogP contribution is 2.31. The van der Waals surface area contributed by atoms with E-state index in [4.69, 9.17) is 22.1 Å². The van der Waals surface area contributed by atoms with Crippen LogP contribution in [0.2, 0.25) is 5.02 Å². The number of ether oxygens (including phenoxy) is 1. The zero-order valence-electron chi connectivity index (χ0n) is 25.8. The Morgan fingerprint density at radius 3 is 2.49 bits per heavy atom. The number of rotatable bonds is 11. The number of hydrogen-bond acceptors (Lipinski definition) is 7. The molecular weight excluding hydrogens is 621 g/mol. The lowest BCUT2D eigenvalue weighted by Crippen LogP contribution is -2.50. The Labute approximate surface area is 268 Å². The summed E-state index contributed by atoms with van der Waals surface area (Å²) in [6.07, 6.45) is 7.49. The number of likely N-dealkylation sites (tertiary alicyclic amines) is 1. The maximum Gasteiger partial charge on any atom is 0.319 e. The summed E-state index contributed by atoms with van der Waals surface area (Å²) in [6.45, 7) is 7.20. The van der Waals surface area contributed by atoms with Gasteiger partial charge < -0.3 is 21.1 Å². The number of aromatic nitrogens is 1. The highest BCUT2D eigenvalue weighted by Gasteiger charge is 2.29. The monoisotopic (exact) mass is 659 g/mol. The molecule has 2 unspecified atom stereocenters. The van der Waals surface area contributed by atoms with Crippen LogP contribution in [0.3, 0.4) is 0 Å². The van der Waals surface area contributed by atoms with Crippen LogP contribution in [0.5, 0.6) is 11.6 Å². The number of sulfone groups is 1. The highest BCUT2D eigenvalue weighted by molar-refractivity contribution is 7.90. The number of aryl methyl sites for hydroxylation is 2. The molecule has 0 saturated carbocycles. The number of nitrogens with two attached hydrogens (primary N) is 1. The van der Waals surface area contributed by atoms with Crippen molar-refractivity contribution in [2.24, 2.45) is 5.73 Å². The van der Waals surface area contributed by atoms with Gasteiger partial charge in [0.2, 0.25) is 5.88 Å². The molecule has 10 nitrogen and oxygen atoms in total. The van der Waals surface area contributed by atoms with Gasteiger partial charge in [-0.1, -0.05) is 37.4 Å². The van der Waals surface area contributed by atoms with Gasteiger partial charge in [0.15, 0.2) is 9.84 Å². The summed E-state index contributed by atoms with van der Waals surface area (Å²) in [6, 6.07) is 8.70. The number of nitrogens with zero attached hydrogens (tertiary/aromatic N) is 2. The quantitative estimate of drug-likeness (QED) is 0.225. The number of anilines is 1. The van der Waals surface area contributed by atoms with Crippen molar-refractivity contribution in [1.29, 1.82) is 0 Å². The van der Waals surface area contributed by atoms with Gasteiger partial charge in [-0.15, -0.1) is 0 Å². The van der Waals surface area contributed by atoms with Gasteiger partial charge >= 0.3 is 6.03 Å². The van der Waals surface area contributed by atoms with Crippen LogP contribution in [-0.4, -0.2) is 55.1 Å². The topological polar surface area (TPSA) is 144 Å². The maximum absolute atomic E-state index is 14.0. The molecule has 4 rings (SSSR count). The van der Waals surface area contributed by atoms with Gasteiger partial charge in [0.05, 0.1) is 21.2 Å². The van der Waals surface area contributed by atoms with Crippen LogP contribution in [0, 0.1) is 19.7 Å². The Morgan fingerprint density at radius 2 is 1.89 bits per heavy atom. The van der Waals surface area contributed by atoms with Crippen LogP contribution < -0.4 is 21.1 Å². The predicted octanol–water partition coefficient (Wildman–Crippen LogP) is 6.13. The predicted molar refractivity (Wildman–Crippen MR) is 172 cm³/mol. The molecule has 2 heterocycles. The van der Waals surface area contributed by atoms with Gasteiger partial charge in [-0.25, -0.2) is 22.6 Å². The van der Waals surface area contributed by atoms with Crippen LogP contribution in [0.4, 0.5) is 14.9 Å². The molecule has 2 atom stereocenters.